The molecule has 0 bridgehead atoms. The molecule has 0 atom stereocenters. The number of pyridine rings is 1. The molecule has 0 aliphatic carbocycles. The number of benzene rings is 1. The summed E-state index contributed by atoms with van der Waals surface area (Å²) in [5, 5.41) is 9.20. The molecule has 0 spiro atoms. The Balaban J connectivity index is 1.70. The highest BCUT2D eigenvalue weighted by Crippen LogP contribution is 2.23. The van der Waals surface area contributed by atoms with Crippen molar-refractivity contribution in [3.8, 4) is 6.07 Å². The molecule has 5 heteroatoms. The van der Waals surface area contributed by atoms with E-state index in [4.69, 9.17) is 5.73 Å². The molecule has 3 rings (SSSR count). The van der Waals surface area contributed by atoms with Gasteiger partial charge in [0.05, 0.1) is 23.1 Å². The van der Waals surface area contributed by atoms with Gasteiger partial charge >= 0.3 is 0 Å². The SMILES string of the molecule is N#Cc1ccccc1N1CCN(c2ccc(N)nc2)CC1. The van der Waals surface area contributed by atoms with Gasteiger partial charge in [0.2, 0.25) is 0 Å². The number of para-hydroxylation sites is 1. The fraction of sp³-hybridized carbons (Fsp3) is 0.250. The van der Waals surface area contributed by atoms with Gasteiger partial charge in [-0.3, -0.25) is 0 Å². The van der Waals surface area contributed by atoms with E-state index in [1.54, 1.807) is 0 Å². The molecule has 5 nitrogen and oxygen atoms in total. The van der Waals surface area contributed by atoms with Crippen LogP contribution in [-0.4, -0.2) is 31.2 Å². The molecule has 1 fully saturated rings. The standard InChI is InChI=1S/C16H17N5/c17-11-13-3-1-2-4-15(13)21-9-7-20(8-10-21)14-5-6-16(18)19-12-14/h1-6,12H,7-10H2,(H2,18,19). The van der Waals surface area contributed by atoms with Gasteiger partial charge in [0.25, 0.3) is 0 Å². The van der Waals surface area contributed by atoms with E-state index < -0.39 is 0 Å². The lowest BCUT2D eigenvalue weighted by Crippen LogP contribution is -2.46. The second-order valence-corrected chi connectivity index (χ2v) is 5.04. The summed E-state index contributed by atoms with van der Waals surface area (Å²) in [5.74, 6) is 0.542. The highest BCUT2D eigenvalue weighted by Gasteiger charge is 2.19. The van der Waals surface area contributed by atoms with Crippen LogP contribution in [0.4, 0.5) is 17.2 Å². The summed E-state index contributed by atoms with van der Waals surface area (Å²) in [6.07, 6.45) is 1.81. The molecule has 2 aromatic rings. The van der Waals surface area contributed by atoms with E-state index in [1.807, 2.05) is 42.6 Å². The molecule has 2 N–H and O–H groups in total. The highest BCUT2D eigenvalue weighted by atomic mass is 15.3. The monoisotopic (exact) mass is 279 g/mol. The number of hydrogen-bond donors (Lipinski definition) is 1. The Bertz CT molecular complexity index is 651. The molecule has 1 aliphatic rings. The Morgan fingerprint density at radius 3 is 2.38 bits per heavy atom. The number of nitrogen functional groups attached to an aromatic ring is 1. The van der Waals surface area contributed by atoms with Crippen molar-refractivity contribution in [1.82, 2.24) is 4.98 Å². The van der Waals surface area contributed by atoms with Crippen LogP contribution in [0.3, 0.4) is 0 Å². The zero-order valence-electron chi connectivity index (χ0n) is 11.7. The lowest BCUT2D eigenvalue weighted by Gasteiger charge is -2.37. The van der Waals surface area contributed by atoms with E-state index in [2.05, 4.69) is 20.9 Å². The predicted molar refractivity (Wildman–Crippen MR) is 84.2 cm³/mol. The Kier molecular flexibility index (Phi) is 3.61. The van der Waals surface area contributed by atoms with Crippen molar-refractivity contribution < 1.29 is 0 Å². The number of hydrogen-bond acceptors (Lipinski definition) is 5. The molecule has 0 radical (unpaired) electrons. The molecule has 1 aromatic heterocycles. The van der Waals surface area contributed by atoms with Gasteiger partial charge in [0.1, 0.15) is 11.9 Å². The highest BCUT2D eigenvalue weighted by molar-refractivity contribution is 5.60. The summed E-state index contributed by atoms with van der Waals surface area (Å²) >= 11 is 0. The summed E-state index contributed by atoms with van der Waals surface area (Å²) in [4.78, 5) is 8.69. The normalized spacial score (nSPS) is 14.8. The number of nitrogens with zero attached hydrogens (tertiary/aromatic N) is 4. The molecule has 2 heterocycles. The number of aromatic nitrogens is 1. The van der Waals surface area contributed by atoms with Crippen LogP contribution < -0.4 is 15.5 Å². The van der Waals surface area contributed by atoms with E-state index in [9.17, 15) is 5.26 Å². The molecule has 1 aliphatic heterocycles. The van der Waals surface area contributed by atoms with Crippen LogP contribution >= 0.6 is 0 Å². The fourth-order valence-corrected chi connectivity index (χ4v) is 2.63. The van der Waals surface area contributed by atoms with Gasteiger partial charge in [-0.1, -0.05) is 12.1 Å². The van der Waals surface area contributed by atoms with Crippen LogP contribution in [-0.2, 0) is 0 Å². The summed E-state index contributed by atoms with van der Waals surface area (Å²) in [7, 11) is 0. The smallest absolute Gasteiger partial charge is 0.123 e. The van der Waals surface area contributed by atoms with Gasteiger partial charge < -0.3 is 15.5 Å². The van der Waals surface area contributed by atoms with Crippen LogP contribution in [0.5, 0.6) is 0 Å². The molecule has 21 heavy (non-hydrogen) atoms. The van der Waals surface area contributed by atoms with Crippen LogP contribution in [0.15, 0.2) is 42.6 Å². The van der Waals surface area contributed by atoms with Crippen LogP contribution in [0, 0.1) is 11.3 Å². The van der Waals surface area contributed by atoms with Crippen molar-refractivity contribution in [2.75, 3.05) is 41.7 Å². The van der Waals surface area contributed by atoms with E-state index >= 15 is 0 Å². The third kappa shape index (κ3) is 2.75. The minimum atomic E-state index is 0.542. The lowest BCUT2D eigenvalue weighted by molar-refractivity contribution is 0.652. The van der Waals surface area contributed by atoms with Crippen molar-refractivity contribution in [3.05, 3.63) is 48.2 Å². The first-order chi connectivity index (χ1) is 10.3. The molecule has 0 amide bonds. The topological polar surface area (TPSA) is 69.2 Å². The lowest BCUT2D eigenvalue weighted by atomic mass is 10.1. The van der Waals surface area contributed by atoms with Crippen molar-refractivity contribution in [1.29, 1.82) is 5.26 Å². The first-order valence-corrected chi connectivity index (χ1v) is 6.98. The van der Waals surface area contributed by atoms with Gasteiger partial charge in [-0.15, -0.1) is 0 Å². The van der Waals surface area contributed by atoms with Crippen LogP contribution in [0.2, 0.25) is 0 Å². The van der Waals surface area contributed by atoms with Crippen molar-refractivity contribution >= 4 is 17.2 Å². The van der Waals surface area contributed by atoms with E-state index in [1.165, 1.54) is 0 Å². The van der Waals surface area contributed by atoms with E-state index in [-0.39, 0.29) is 0 Å². The van der Waals surface area contributed by atoms with Crippen molar-refractivity contribution in [2.45, 2.75) is 0 Å². The summed E-state index contributed by atoms with van der Waals surface area (Å²) in [5.41, 5.74) is 8.47. The van der Waals surface area contributed by atoms with Crippen molar-refractivity contribution in [2.24, 2.45) is 0 Å². The summed E-state index contributed by atoms with van der Waals surface area (Å²) < 4.78 is 0. The first-order valence-electron chi connectivity index (χ1n) is 6.98. The number of nitrogens with two attached hydrogens (primary N) is 1. The number of anilines is 3. The molecule has 0 unspecified atom stereocenters. The molecule has 106 valence electrons. The minimum Gasteiger partial charge on any atom is -0.384 e. The predicted octanol–water partition coefficient (Wildman–Crippen LogP) is 1.86. The van der Waals surface area contributed by atoms with Gasteiger partial charge in [-0.05, 0) is 24.3 Å². The second kappa shape index (κ2) is 5.71. The number of rotatable bonds is 2. The maximum absolute atomic E-state index is 9.20. The maximum atomic E-state index is 9.20. The molecule has 1 saturated heterocycles. The largest absolute Gasteiger partial charge is 0.384 e. The molecular weight excluding hydrogens is 262 g/mol. The Hall–Kier alpha value is -2.74. The number of piperazine rings is 1. The van der Waals surface area contributed by atoms with Gasteiger partial charge in [-0.2, -0.15) is 5.26 Å². The third-order valence-corrected chi connectivity index (χ3v) is 3.78. The number of nitriles is 1. The van der Waals surface area contributed by atoms with Crippen molar-refractivity contribution in [3.63, 3.8) is 0 Å². The minimum absolute atomic E-state index is 0.542. The third-order valence-electron chi connectivity index (χ3n) is 3.78. The zero-order chi connectivity index (χ0) is 14.7. The van der Waals surface area contributed by atoms with Crippen LogP contribution in [0.1, 0.15) is 5.56 Å². The fourth-order valence-electron chi connectivity index (χ4n) is 2.63. The zero-order valence-corrected chi connectivity index (χ0v) is 11.7. The van der Waals surface area contributed by atoms with E-state index in [0.29, 0.717) is 5.82 Å². The second-order valence-electron chi connectivity index (χ2n) is 5.04. The molecule has 0 saturated carbocycles. The van der Waals surface area contributed by atoms with Gasteiger partial charge in [-0.25, -0.2) is 4.98 Å². The Morgan fingerprint density at radius 2 is 1.71 bits per heavy atom. The quantitative estimate of drug-likeness (QED) is 0.908. The molecule has 1 aromatic carbocycles. The Morgan fingerprint density at radius 1 is 1.00 bits per heavy atom. The van der Waals surface area contributed by atoms with Gasteiger partial charge in [0.15, 0.2) is 0 Å². The average molecular weight is 279 g/mol. The first kappa shape index (κ1) is 13.3. The maximum Gasteiger partial charge on any atom is 0.123 e. The van der Waals surface area contributed by atoms with E-state index in [0.717, 1.165) is 43.1 Å². The average Bonchev–Trinajstić information content (AvgIpc) is 2.56. The van der Waals surface area contributed by atoms with Crippen LogP contribution in [0.25, 0.3) is 0 Å². The summed E-state index contributed by atoms with van der Waals surface area (Å²) in [6.45, 7) is 3.60. The van der Waals surface area contributed by atoms with Gasteiger partial charge in [0, 0.05) is 26.2 Å². The Labute approximate surface area is 124 Å². The molecular formula is C16H17N5. The summed E-state index contributed by atoms with van der Waals surface area (Å²) in [6, 6.07) is 13.8.